The maximum absolute atomic E-state index is 12.0. The van der Waals surface area contributed by atoms with Gasteiger partial charge in [0, 0.05) is 5.92 Å². The van der Waals surface area contributed by atoms with Crippen molar-refractivity contribution >= 4 is 5.52 Å². The maximum Gasteiger partial charge on any atom is 0.139 e. The van der Waals surface area contributed by atoms with E-state index in [1.807, 2.05) is 12.5 Å². The molecule has 4 heteroatoms. The lowest BCUT2D eigenvalue weighted by Gasteiger charge is -2.25. The molecule has 2 aromatic rings. The van der Waals surface area contributed by atoms with E-state index in [0.717, 1.165) is 30.5 Å². The Bertz CT molecular complexity index is 787. The van der Waals surface area contributed by atoms with Crippen LogP contribution in [0.25, 0.3) is 5.52 Å². The van der Waals surface area contributed by atoms with E-state index in [0.29, 0.717) is 11.8 Å². The van der Waals surface area contributed by atoms with Gasteiger partial charge in [-0.25, -0.2) is 4.98 Å². The summed E-state index contributed by atoms with van der Waals surface area (Å²) in [6.45, 7) is 4.46. The van der Waals surface area contributed by atoms with Crippen LogP contribution in [-0.4, -0.2) is 9.38 Å². The first-order chi connectivity index (χ1) is 11.7. The normalized spacial score (nSPS) is 23.2. The number of aromatic nitrogens is 2. The quantitative estimate of drug-likeness (QED) is 0.527. The molecule has 2 aromatic heterocycles. The number of imidazole rings is 1. The zero-order chi connectivity index (χ0) is 16.7. The Morgan fingerprint density at radius 2 is 2.21 bits per heavy atom. The van der Waals surface area contributed by atoms with Gasteiger partial charge in [-0.1, -0.05) is 36.7 Å². The van der Waals surface area contributed by atoms with Gasteiger partial charge < -0.3 is 4.40 Å². The minimum absolute atomic E-state index is 0.206. The van der Waals surface area contributed by atoms with Crippen molar-refractivity contribution in [1.29, 1.82) is 0 Å². The number of nitrogens with zero attached hydrogens (tertiary/aromatic N) is 3. The van der Waals surface area contributed by atoms with E-state index in [9.17, 15) is 4.91 Å². The first-order valence-electron chi connectivity index (χ1n) is 9.19. The van der Waals surface area contributed by atoms with E-state index in [-0.39, 0.29) is 12.0 Å². The highest BCUT2D eigenvalue weighted by Crippen LogP contribution is 2.47. The molecule has 3 unspecified atom stereocenters. The van der Waals surface area contributed by atoms with Gasteiger partial charge in [-0.15, -0.1) is 0 Å². The van der Waals surface area contributed by atoms with Crippen LogP contribution in [-0.2, 0) is 0 Å². The third-order valence-corrected chi connectivity index (χ3v) is 5.73. The van der Waals surface area contributed by atoms with Gasteiger partial charge in [0.15, 0.2) is 0 Å². The van der Waals surface area contributed by atoms with Crippen LogP contribution in [0.2, 0.25) is 0 Å². The van der Waals surface area contributed by atoms with E-state index in [1.54, 1.807) is 0 Å². The second kappa shape index (κ2) is 6.15. The third-order valence-electron chi connectivity index (χ3n) is 5.73. The van der Waals surface area contributed by atoms with Crippen molar-refractivity contribution in [2.45, 2.75) is 57.9 Å². The predicted molar refractivity (Wildman–Crippen MR) is 96.0 cm³/mol. The number of pyridine rings is 1. The third kappa shape index (κ3) is 2.58. The highest BCUT2D eigenvalue weighted by atomic mass is 16.3. The molecule has 126 valence electrons. The molecule has 0 N–H and O–H groups in total. The van der Waals surface area contributed by atoms with Crippen molar-refractivity contribution in [3.05, 3.63) is 52.5 Å². The molecule has 3 atom stereocenters. The van der Waals surface area contributed by atoms with Gasteiger partial charge in [0.25, 0.3) is 0 Å². The smallest absolute Gasteiger partial charge is 0.139 e. The van der Waals surface area contributed by atoms with E-state index < -0.39 is 0 Å². The minimum atomic E-state index is -0.319. The number of hydrogen-bond acceptors (Lipinski definition) is 3. The summed E-state index contributed by atoms with van der Waals surface area (Å²) < 4.78 is 2.10. The summed E-state index contributed by atoms with van der Waals surface area (Å²) in [5.74, 6) is 1.48. The van der Waals surface area contributed by atoms with Crippen LogP contribution in [0, 0.1) is 16.7 Å². The second-order valence-electron chi connectivity index (χ2n) is 7.53. The van der Waals surface area contributed by atoms with Crippen molar-refractivity contribution < 1.29 is 0 Å². The summed E-state index contributed by atoms with van der Waals surface area (Å²) in [4.78, 5) is 16.3. The first-order valence-corrected chi connectivity index (χ1v) is 9.19. The molecule has 1 saturated carbocycles. The second-order valence-corrected chi connectivity index (χ2v) is 7.53. The SMILES string of the molecule is CCC(C1=CCC(C)C1)C(N=O)c1c(C2CC2)ccc2cncn12. The topological polar surface area (TPSA) is 46.7 Å². The van der Waals surface area contributed by atoms with Gasteiger partial charge in [0.2, 0.25) is 0 Å². The van der Waals surface area contributed by atoms with Crippen LogP contribution < -0.4 is 0 Å². The van der Waals surface area contributed by atoms with Crippen LogP contribution >= 0.6 is 0 Å². The average Bonchev–Trinajstić information content (AvgIpc) is 3.16. The van der Waals surface area contributed by atoms with Crippen LogP contribution in [0.1, 0.15) is 69.2 Å². The van der Waals surface area contributed by atoms with Gasteiger partial charge >= 0.3 is 0 Å². The molecule has 0 aliphatic heterocycles. The van der Waals surface area contributed by atoms with Crippen LogP contribution in [0.5, 0.6) is 0 Å². The van der Waals surface area contributed by atoms with Gasteiger partial charge in [0.1, 0.15) is 6.04 Å². The number of rotatable bonds is 6. The fourth-order valence-corrected chi connectivity index (χ4v) is 4.31. The molecule has 2 heterocycles. The van der Waals surface area contributed by atoms with Crippen molar-refractivity contribution in [3.63, 3.8) is 0 Å². The summed E-state index contributed by atoms with van der Waals surface area (Å²) in [6, 6.07) is 3.99. The molecule has 4 rings (SSSR count). The standard InChI is InChI=1S/C20H25N3O/c1-3-17(15-5-4-13(2)10-15)19(22-24)20-18(14-6-7-14)9-8-16-11-21-12-23(16)20/h5,8-9,11-14,17,19H,3-4,6-7,10H2,1-2H3. The van der Waals surface area contributed by atoms with E-state index in [4.69, 9.17) is 0 Å². The van der Waals surface area contributed by atoms with Gasteiger partial charge in [0.05, 0.1) is 23.7 Å². The molecule has 0 saturated heterocycles. The van der Waals surface area contributed by atoms with Crippen LogP contribution in [0.4, 0.5) is 0 Å². The molecular weight excluding hydrogens is 298 g/mol. The average molecular weight is 323 g/mol. The number of allylic oxidation sites excluding steroid dienone is 1. The molecule has 1 fully saturated rings. The maximum atomic E-state index is 12.0. The summed E-state index contributed by atoms with van der Waals surface area (Å²) in [7, 11) is 0. The Morgan fingerprint density at radius 3 is 2.83 bits per heavy atom. The summed E-state index contributed by atoms with van der Waals surface area (Å²) in [5, 5.41) is 3.66. The minimum Gasteiger partial charge on any atom is -0.301 e. The molecule has 0 spiro atoms. The Morgan fingerprint density at radius 1 is 1.38 bits per heavy atom. The molecule has 0 bridgehead atoms. The van der Waals surface area contributed by atoms with Crippen LogP contribution in [0.15, 0.2) is 41.5 Å². The fourth-order valence-electron chi connectivity index (χ4n) is 4.31. The molecule has 0 radical (unpaired) electrons. The lowest BCUT2D eigenvalue weighted by atomic mass is 9.84. The molecule has 0 aromatic carbocycles. The molecular formula is C20H25N3O. The number of nitroso groups, excluding NO2 is 1. The Kier molecular flexibility index (Phi) is 3.99. The highest BCUT2D eigenvalue weighted by Gasteiger charge is 2.35. The van der Waals surface area contributed by atoms with E-state index in [2.05, 4.69) is 46.6 Å². The monoisotopic (exact) mass is 323 g/mol. The van der Waals surface area contributed by atoms with Gasteiger partial charge in [-0.3, -0.25) is 0 Å². The van der Waals surface area contributed by atoms with Crippen molar-refractivity contribution in [2.24, 2.45) is 17.0 Å². The van der Waals surface area contributed by atoms with E-state index in [1.165, 1.54) is 24.0 Å². The summed E-state index contributed by atoms with van der Waals surface area (Å²) in [6.07, 6.45) is 11.7. The Balaban J connectivity index is 1.82. The Labute approximate surface area is 143 Å². The largest absolute Gasteiger partial charge is 0.301 e. The molecule has 24 heavy (non-hydrogen) atoms. The zero-order valence-electron chi connectivity index (χ0n) is 14.5. The lowest BCUT2D eigenvalue weighted by molar-refractivity contribution is 0.446. The molecule has 2 aliphatic rings. The lowest BCUT2D eigenvalue weighted by Crippen LogP contribution is -2.17. The summed E-state index contributed by atoms with van der Waals surface area (Å²) >= 11 is 0. The van der Waals surface area contributed by atoms with Crippen molar-refractivity contribution in [3.8, 4) is 0 Å². The van der Waals surface area contributed by atoms with Crippen molar-refractivity contribution in [2.75, 3.05) is 0 Å². The molecule has 2 aliphatic carbocycles. The summed E-state index contributed by atoms with van der Waals surface area (Å²) in [5.41, 5.74) is 4.85. The highest BCUT2D eigenvalue weighted by molar-refractivity contribution is 5.50. The fraction of sp³-hybridized carbons (Fsp3) is 0.550. The zero-order valence-corrected chi connectivity index (χ0v) is 14.5. The molecule has 0 amide bonds. The number of fused-ring (bicyclic) bond motifs is 1. The molecule has 4 nitrogen and oxygen atoms in total. The van der Waals surface area contributed by atoms with E-state index >= 15 is 0 Å². The number of hydrogen-bond donors (Lipinski definition) is 0. The predicted octanol–water partition coefficient (Wildman–Crippen LogP) is 5.40. The Hall–Kier alpha value is -1.97. The van der Waals surface area contributed by atoms with Gasteiger partial charge in [-0.05, 0) is 55.6 Å². The first kappa shape index (κ1) is 15.6. The van der Waals surface area contributed by atoms with Crippen LogP contribution in [0.3, 0.4) is 0 Å². The van der Waals surface area contributed by atoms with Gasteiger partial charge in [-0.2, -0.15) is 4.91 Å². The van der Waals surface area contributed by atoms with Crippen molar-refractivity contribution in [1.82, 2.24) is 9.38 Å².